The van der Waals surface area contributed by atoms with Crippen LogP contribution in [0.5, 0.6) is 5.75 Å². The van der Waals surface area contributed by atoms with E-state index in [0.717, 1.165) is 16.5 Å². The molecule has 0 bridgehead atoms. The Morgan fingerprint density at radius 2 is 1.96 bits per heavy atom. The average Bonchev–Trinajstić information content (AvgIpc) is 3.02. The summed E-state index contributed by atoms with van der Waals surface area (Å²) >= 11 is 0. The number of amides is 1. The second-order valence-electron chi connectivity index (χ2n) is 4.98. The maximum absolute atomic E-state index is 12.3. The molecule has 0 aliphatic carbocycles. The highest BCUT2D eigenvalue weighted by Gasteiger charge is 2.14. The number of hydrogen-bond donors (Lipinski definition) is 3. The highest BCUT2D eigenvalue weighted by Crippen LogP contribution is 2.18. The van der Waals surface area contributed by atoms with Crippen molar-refractivity contribution >= 4 is 16.8 Å². The maximum atomic E-state index is 12.3. The van der Waals surface area contributed by atoms with Gasteiger partial charge in [-0.15, -0.1) is 0 Å². The minimum absolute atomic E-state index is 0.0556. The molecule has 2 aromatic carbocycles. The van der Waals surface area contributed by atoms with Crippen LogP contribution in [0, 0.1) is 0 Å². The third-order valence-corrected chi connectivity index (χ3v) is 3.45. The molecule has 0 radical (unpaired) electrons. The molecule has 0 saturated carbocycles. The van der Waals surface area contributed by atoms with Gasteiger partial charge in [-0.05, 0) is 12.1 Å². The van der Waals surface area contributed by atoms with Crippen LogP contribution in [-0.2, 0) is 6.54 Å². The van der Waals surface area contributed by atoms with E-state index in [1.807, 2.05) is 42.5 Å². The number of carbonyl (C=O) groups excluding carboxylic acids is 1. The Morgan fingerprint density at radius 1 is 1.17 bits per heavy atom. The zero-order valence-electron chi connectivity index (χ0n) is 12.5. The van der Waals surface area contributed by atoms with Gasteiger partial charge in [-0.3, -0.25) is 9.89 Å². The molecule has 3 aromatic rings. The fourth-order valence-corrected chi connectivity index (χ4v) is 2.34. The number of aromatic nitrogens is 2. The molecule has 6 nitrogen and oxygen atoms in total. The number of hydrogen-bond acceptors (Lipinski definition) is 4. The van der Waals surface area contributed by atoms with Crippen molar-refractivity contribution in [1.29, 1.82) is 0 Å². The first-order valence-electron chi connectivity index (χ1n) is 7.32. The summed E-state index contributed by atoms with van der Waals surface area (Å²) in [6.07, 6.45) is 0. The van der Waals surface area contributed by atoms with Crippen molar-refractivity contribution in [3.8, 4) is 5.75 Å². The molecule has 0 spiro atoms. The van der Waals surface area contributed by atoms with Crippen molar-refractivity contribution in [3.05, 3.63) is 59.8 Å². The number of aliphatic hydroxyl groups is 1. The highest BCUT2D eigenvalue weighted by atomic mass is 16.5. The Morgan fingerprint density at radius 3 is 2.83 bits per heavy atom. The van der Waals surface area contributed by atoms with Crippen LogP contribution >= 0.6 is 0 Å². The van der Waals surface area contributed by atoms with Crippen molar-refractivity contribution in [1.82, 2.24) is 15.5 Å². The molecule has 1 amide bonds. The van der Waals surface area contributed by atoms with Crippen molar-refractivity contribution in [2.75, 3.05) is 13.2 Å². The van der Waals surface area contributed by atoms with Crippen LogP contribution in [0.25, 0.3) is 10.9 Å². The Hall–Kier alpha value is -2.86. The summed E-state index contributed by atoms with van der Waals surface area (Å²) in [5.41, 5.74) is 2.04. The molecule has 118 valence electrons. The molecule has 0 fully saturated rings. The van der Waals surface area contributed by atoms with E-state index in [4.69, 9.17) is 9.84 Å². The molecular formula is C17H17N3O3. The van der Waals surface area contributed by atoms with E-state index in [1.54, 1.807) is 6.07 Å². The molecule has 0 aliphatic rings. The summed E-state index contributed by atoms with van der Waals surface area (Å²) in [6.45, 7) is 0.483. The summed E-state index contributed by atoms with van der Waals surface area (Å²) in [5, 5.41) is 19.4. The van der Waals surface area contributed by atoms with Crippen molar-refractivity contribution in [2.45, 2.75) is 6.54 Å². The van der Waals surface area contributed by atoms with E-state index in [0.29, 0.717) is 18.0 Å². The van der Waals surface area contributed by atoms with E-state index >= 15 is 0 Å². The maximum Gasteiger partial charge on any atom is 0.272 e. The Kier molecular flexibility index (Phi) is 4.54. The lowest BCUT2D eigenvalue weighted by molar-refractivity contribution is 0.0947. The van der Waals surface area contributed by atoms with Crippen molar-refractivity contribution < 1.29 is 14.6 Å². The summed E-state index contributed by atoms with van der Waals surface area (Å²) in [4.78, 5) is 12.3. The van der Waals surface area contributed by atoms with Gasteiger partial charge < -0.3 is 15.2 Å². The standard InChI is InChI=1S/C17H17N3O3/c21-9-10-23-15-8-4-1-5-12(15)11-18-17(22)16-13-6-2-3-7-14(13)19-20-16/h1-8,21H,9-11H2,(H,18,22)(H,19,20). The minimum Gasteiger partial charge on any atom is -0.491 e. The van der Waals surface area contributed by atoms with Gasteiger partial charge in [0.25, 0.3) is 5.91 Å². The molecule has 23 heavy (non-hydrogen) atoms. The van der Waals surface area contributed by atoms with E-state index in [9.17, 15) is 4.79 Å². The summed E-state index contributed by atoms with van der Waals surface area (Å²) < 4.78 is 5.46. The number of para-hydroxylation sites is 2. The average molecular weight is 311 g/mol. The zero-order valence-corrected chi connectivity index (χ0v) is 12.5. The zero-order chi connectivity index (χ0) is 16.1. The molecule has 0 atom stereocenters. The van der Waals surface area contributed by atoms with Gasteiger partial charge in [0.05, 0.1) is 12.1 Å². The second-order valence-corrected chi connectivity index (χ2v) is 4.98. The third-order valence-electron chi connectivity index (χ3n) is 3.45. The highest BCUT2D eigenvalue weighted by molar-refractivity contribution is 6.04. The van der Waals surface area contributed by atoms with Gasteiger partial charge in [0, 0.05) is 17.5 Å². The number of aliphatic hydroxyl groups excluding tert-OH is 1. The van der Waals surface area contributed by atoms with Gasteiger partial charge in [0.1, 0.15) is 12.4 Å². The molecule has 0 unspecified atom stereocenters. The lowest BCUT2D eigenvalue weighted by Crippen LogP contribution is -2.23. The van der Waals surface area contributed by atoms with E-state index in [-0.39, 0.29) is 19.1 Å². The van der Waals surface area contributed by atoms with Crippen LogP contribution in [0.3, 0.4) is 0 Å². The Balaban J connectivity index is 1.72. The fraction of sp³-hybridized carbons (Fsp3) is 0.176. The largest absolute Gasteiger partial charge is 0.491 e. The molecule has 1 heterocycles. The molecule has 1 aromatic heterocycles. The Labute approximate surface area is 133 Å². The van der Waals surface area contributed by atoms with Crippen LogP contribution in [0.2, 0.25) is 0 Å². The van der Waals surface area contributed by atoms with Crippen molar-refractivity contribution in [2.24, 2.45) is 0 Å². The number of benzene rings is 2. The third kappa shape index (κ3) is 3.32. The second kappa shape index (κ2) is 6.93. The summed E-state index contributed by atoms with van der Waals surface area (Å²) in [7, 11) is 0. The quantitative estimate of drug-likeness (QED) is 0.648. The van der Waals surface area contributed by atoms with Crippen LogP contribution < -0.4 is 10.1 Å². The monoisotopic (exact) mass is 311 g/mol. The van der Waals surface area contributed by atoms with Gasteiger partial charge in [-0.25, -0.2) is 0 Å². The molecular weight excluding hydrogens is 294 g/mol. The van der Waals surface area contributed by atoms with Gasteiger partial charge in [0.15, 0.2) is 5.69 Å². The Bertz CT molecular complexity index is 813. The number of H-pyrrole nitrogens is 1. The van der Waals surface area contributed by atoms with Crippen LogP contribution in [0.15, 0.2) is 48.5 Å². The number of fused-ring (bicyclic) bond motifs is 1. The molecule has 0 aliphatic heterocycles. The van der Waals surface area contributed by atoms with Gasteiger partial charge in [0.2, 0.25) is 0 Å². The molecule has 6 heteroatoms. The minimum atomic E-state index is -0.251. The summed E-state index contributed by atoms with van der Waals surface area (Å²) in [5.74, 6) is 0.396. The topological polar surface area (TPSA) is 87.2 Å². The molecule has 3 N–H and O–H groups in total. The fourth-order valence-electron chi connectivity index (χ4n) is 2.34. The van der Waals surface area contributed by atoms with Crippen molar-refractivity contribution in [3.63, 3.8) is 0 Å². The first kappa shape index (κ1) is 15.1. The number of nitrogens with zero attached hydrogens (tertiary/aromatic N) is 1. The van der Waals surface area contributed by atoms with E-state index in [2.05, 4.69) is 15.5 Å². The number of nitrogens with one attached hydrogen (secondary N) is 2. The number of rotatable bonds is 6. The first-order chi connectivity index (χ1) is 11.3. The summed E-state index contributed by atoms with van der Waals surface area (Å²) in [6, 6.07) is 14.9. The van der Waals surface area contributed by atoms with Gasteiger partial charge in [-0.1, -0.05) is 36.4 Å². The first-order valence-corrected chi connectivity index (χ1v) is 7.32. The smallest absolute Gasteiger partial charge is 0.272 e. The lowest BCUT2D eigenvalue weighted by atomic mass is 10.2. The van der Waals surface area contributed by atoms with E-state index < -0.39 is 0 Å². The number of aromatic amines is 1. The molecule has 3 rings (SSSR count). The predicted octanol–water partition coefficient (Wildman–Crippen LogP) is 1.86. The predicted molar refractivity (Wildman–Crippen MR) is 86.3 cm³/mol. The van der Waals surface area contributed by atoms with Gasteiger partial charge in [-0.2, -0.15) is 5.10 Å². The number of ether oxygens (including phenoxy) is 1. The normalized spacial score (nSPS) is 10.7. The van der Waals surface area contributed by atoms with Crippen LogP contribution in [-0.4, -0.2) is 34.4 Å². The molecule has 0 saturated heterocycles. The van der Waals surface area contributed by atoms with Crippen LogP contribution in [0.4, 0.5) is 0 Å². The number of carbonyl (C=O) groups is 1. The van der Waals surface area contributed by atoms with E-state index in [1.165, 1.54) is 0 Å². The lowest BCUT2D eigenvalue weighted by Gasteiger charge is -2.11. The van der Waals surface area contributed by atoms with Crippen LogP contribution in [0.1, 0.15) is 16.1 Å². The SMILES string of the molecule is O=C(NCc1ccccc1OCCO)c1n[nH]c2ccccc12. The van der Waals surface area contributed by atoms with Gasteiger partial charge >= 0.3 is 0 Å².